The third-order valence-electron chi connectivity index (χ3n) is 4.95. The van der Waals surface area contributed by atoms with E-state index in [1.54, 1.807) is 0 Å². The number of unbranched alkanes of at least 4 members (excludes halogenated alkanes) is 4. The minimum Gasteiger partial charge on any atom is -0.375 e. The summed E-state index contributed by atoms with van der Waals surface area (Å²) in [4.78, 5) is 0. The molecule has 2 rings (SSSR count). The predicted molar refractivity (Wildman–Crippen MR) is 77.8 cm³/mol. The Kier molecular flexibility index (Phi) is 6.54. The fourth-order valence-corrected chi connectivity index (χ4v) is 3.77. The van der Waals surface area contributed by atoms with Gasteiger partial charge in [0, 0.05) is 0 Å². The fourth-order valence-electron chi connectivity index (χ4n) is 3.77. The first-order valence-corrected chi connectivity index (χ1v) is 8.55. The second kappa shape index (κ2) is 8.19. The smallest absolute Gasteiger partial charge is 0.0608 e. The highest BCUT2D eigenvalue weighted by Crippen LogP contribution is 2.35. The summed E-state index contributed by atoms with van der Waals surface area (Å²) in [6.07, 6.45) is 19.5. The Labute approximate surface area is 114 Å². The summed E-state index contributed by atoms with van der Waals surface area (Å²) in [5, 5.41) is 0. The van der Waals surface area contributed by atoms with Crippen LogP contribution in [-0.4, -0.2) is 12.2 Å². The molecule has 2 atom stereocenters. The zero-order valence-corrected chi connectivity index (χ0v) is 12.3. The van der Waals surface area contributed by atoms with Crippen LogP contribution in [0.15, 0.2) is 0 Å². The van der Waals surface area contributed by atoms with Gasteiger partial charge >= 0.3 is 0 Å². The van der Waals surface area contributed by atoms with E-state index >= 15 is 0 Å². The zero-order valence-electron chi connectivity index (χ0n) is 12.3. The maximum atomic E-state index is 6.31. The van der Waals surface area contributed by atoms with E-state index in [2.05, 4.69) is 6.92 Å². The van der Waals surface area contributed by atoms with Gasteiger partial charge in [-0.05, 0) is 38.0 Å². The van der Waals surface area contributed by atoms with Crippen molar-refractivity contribution in [3.8, 4) is 0 Å². The van der Waals surface area contributed by atoms with Crippen molar-refractivity contribution in [2.24, 2.45) is 5.92 Å². The van der Waals surface area contributed by atoms with E-state index < -0.39 is 0 Å². The number of hydrogen-bond donors (Lipinski definition) is 0. The molecule has 1 saturated carbocycles. The molecule has 1 aliphatic carbocycles. The molecule has 0 bridgehead atoms. The van der Waals surface area contributed by atoms with Crippen LogP contribution in [0.1, 0.15) is 90.4 Å². The molecule has 0 amide bonds. The summed E-state index contributed by atoms with van der Waals surface area (Å²) in [5.41, 5.74) is 0. The molecule has 0 aromatic carbocycles. The van der Waals surface area contributed by atoms with Gasteiger partial charge in [0.1, 0.15) is 0 Å². The van der Waals surface area contributed by atoms with Gasteiger partial charge < -0.3 is 4.74 Å². The Balaban J connectivity index is 1.56. The summed E-state index contributed by atoms with van der Waals surface area (Å²) in [5.74, 6) is 0.906. The van der Waals surface area contributed by atoms with E-state index in [1.165, 1.54) is 83.5 Å². The van der Waals surface area contributed by atoms with Gasteiger partial charge in [-0.1, -0.05) is 58.3 Å². The summed E-state index contributed by atoms with van der Waals surface area (Å²) in [7, 11) is 0. The Hall–Kier alpha value is -0.0400. The lowest BCUT2D eigenvalue weighted by Crippen LogP contribution is -2.23. The Morgan fingerprint density at radius 2 is 1.61 bits per heavy atom. The van der Waals surface area contributed by atoms with Crippen LogP contribution >= 0.6 is 0 Å². The standard InChI is InChI=1S/C17H32O/c1-2-3-4-5-9-12-16-13-14-17(18-16)15-10-7-6-8-11-15/h15-17H,2-14H2,1H3/t16-,17+/m1/s1. The molecule has 0 aromatic rings. The molecule has 0 unspecified atom stereocenters. The molecule has 0 spiro atoms. The second-order valence-corrected chi connectivity index (χ2v) is 6.47. The van der Waals surface area contributed by atoms with Crippen LogP contribution in [0.2, 0.25) is 0 Å². The van der Waals surface area contributed by atoms with Gasteiger partial charge in [-0.2, -0.15) is 0 Å². The Bertz CT molecular complexity index is 208. The van der Waals surface area contributed by atoms with E-state index in [4.69, 9.17) is 4.74 Å². The van der Waals surface area contributed by atoms with E-state index in [0.29, 0.717) is 12.2 Å². The third-order valence-corrected chi connectivity index (χ3v) is 4.95. The van der Waals surface area contributed by atoms with E-state index in [9.17, 15) is 0 Å². The zero-order chi connectivity index (χ0) is 12.6. The van der Waals surface area contributed by atoms with Crippen molar-refractivity contribution in [3.63, 3.8) is 0 Å². The largest absolute Gasteiger partial charge is 0.375 e. The van der Waals surface area contributed by atoms with Gasteiger partial charge in [-0.15, -0.1) is 0 Å². The van der Waals surface area contributed by atoms with E-state index in [0.717, 1.165) is 5.92 Å². The SMILES string of the molecule is CCCCCCC[C@@H]1CC[C@@H](C2CCCCC2)O1. The van der Waals surface area contributed by atoms with Crippen molar-refractivity contribution < 1.29 is 4.74 Å². The normalized spacial score (nSPS) is 29.8. The van der Waals surface area contributed by atoms with Gasteiger partial charge in [0.2, 0.25) is 0 Å². The van der Waals surface area contributed by atoms with Crippen LogP contribution in [0.3, 0.4) is 0 Å². The fraction of sp³-hybridized carbons (Fsp3) is 1.00. The highest BCUT2D eigenvalue weighted by Gasteiger charge is 2.31. The minimum absolute atomic E-state index is 0.610. The van der Waals surface area contributed by atoms with Crippen LogP contribution in [0.5, 0.6) is 0 Å². The number of ether oxygens (including phenoxy) is 1. The molecule has 2 aliphatic rings. The molecule has 1 heterocycles. The molecule has 18 heavy (non-hydrogen) atoms. The third kappa shape index (κ3) is 4.57. The van der Waals surface area contributed by atoms with Gasteiger partial charge in [0.15, 0.2) is 0 Å². The molecule has 1 nitrogen and oxygen atoms in total. The molecular weight excluding hydrogens is 220 g/mol. The summed E-state index contributed by atoms with van der Waals surface area (Å²) >= 11 is 0. The summed E-state index contributed by atoms with van der Waals surface area (Å²) in [6.45, 7) is 2.29. The quantitative estimate of drug-likeness (QED) is 0.545. The Morgan fingerprint density at radius 1 is 0.833 bits per heavy atom. The van der Waals surface area contributed by atoms with Crippen molar-refractivity contribution in [1.29, 1.82) is 0 Å². The topological polar surface area (TPSA) is 9.23 Å². The van der Waals surface area contributed by atoms with Gasteiger partial charge in [-0.3, -0.25) is 0 Å². The van der Waals surface area contributed by atoms with Gasteiger partial charge in [0.05, 0.1) is 12.2 Å². The van der Waals surface area contributed by atoms with Crippen LogP contribution in [0.25, 0.3) is 0 Å². The second-order valence-electron chi connectivity index (χ2n) is 6.47. The van der Waals surface area contributed by atoms with Crippen LogP contribution in [0.4, 0.5) is 0 Å². The van der Waals surface area contributed by atoms with E-state index in [-0.39, 0.29) is 0 Å². The van der Waals surface area contributed by atoms with Gasteiger partial charge in [0.25, 0.3) is 0 Å². The molecule has 0 aromatic heterocycles. The minimum atomic E-state index is 0.610. The number of hydrogen-bond acceptors (Lipinski definition) is 1. The molecular formula is C17H32O. The molecule has 0 N–H and O–H groups in total. The monoisotopic (exact) mass is 252 g/mol. The molecule has 1 heteroatoms. The van der Waals surface area contributed by atoms with Crippen molar-refractivity contribution in [2.75, 3.05) is 0 Å². The maximum Gasteiger partial charge on any atom is 0.0608 e. The number of rotatable bonds is 7. The Morgan fingerprint density at radius 3 is 2.39 bits per heavy atom. The molecule has 1 aliphatic heterocycles. The lowest BCUT2D eigenvalue weighted by atomic mass is 9.84. The molecule has 0 radical (unpaired) electrons. The van der Waals surface area contributed by atoms with Crippen molar-refractivity contribution in [2.45, 2.75) is 103 Å². The average Bonchev–Trinajstić information content (AvgIpc) is 2.88. The van der Waals surface area contributed by atoms with Crippen LogP contribution < -0.4 is 0 Å². The molecule has 1 saturated heterocycles. The van der Waals surface area contributed by atoms with Crippen LogP contribution in [-0.2, 0) is 4.74 Å². The summed E-state index contributed by atoms with van der Waals surface area (Å²) in [6, 6.07) is 0. The predicted octanol–water partition coefficient (Wildman–Crippen LogP) is 5.47. The summed E-state index contributed by atoms with van der Waals surface area (Å²) < 4.78 is 6.31. The maximum absolute atomic E-state index is 6.31. The first-order chi connectivity index (χ1) is 8.90. The average molecular weight is 252 g/mol. The van der Waals surface area contributed by atoms with E-state index in [1.807, 2.05) is 0 Å². The van der Waals surface area contributed by atoms with Crippen molar-refractivity contribution in [3.05, 3.63) is 0 Å². The highest BCUT2D eigenvalue weighted by molar-refractivity contribution is 4.81. The molecule has 2 fully saturated rings. The highest BCUT2D eigenvalue weighted by atomic mass is 16.5. The van der Waals surface area contributed by atoms with Crippen molar-refractivity contribution in [1.82, 2.24) is 0 Å². The molecule has 106 valence electrons. The first kappa shape index (κ1) is 14.4. The lowest BCUT2D eigenvalue weighted by Gasteiger charge is -2.27. The first-order valence-electron chi connectivity index (χ1n) is 8.55. The lowest BCUT2D eigenvalue weighted by molar-refractivity contribution is -0.00350. The van der Waals surface area contributed by atoms with Crippen molar-refractivity contribution >= 4 is 0 Å². The van der Waals surface area contributed by atoms with Gasteiger partial charge in [-0.25, -0.2) is 0 Å². The van der Waals surface area contributed by atoms with Crippen LogP contribution in [0, 0.1) is 5.92 Å².